The van der Waals surface area contributed by atoms with Crippen molar-refractivity contribution >= 4 is 62.5 Å². The molecule has 0 unspecified atom stereocenters. The van der Waals surface area contributed by atoms with E-state index in [0.29, 0.717) is 22.2 Å². The van der Waals surface area contributed by atoms with Gasteiger partial charge in [0, 0.05) is 5.75 Å². The first kappa shape index (κ1) is 21.0. The van der Waals surface area contributed by atoms with Crippen LogP contribution in [-0.4, -0.2) is 25.2 Å². The molecule has 0 atom stereocenters. The summed E-state index contributed by atoms with van der Waals surface area (Å²) in [6.07, 6.45) is 0.202. The molecule has 0 saturated heterocycles. The normalized spacial score (nSPS) is 14.5. The van der Waals surface area contributed by atoms with Crippen LogP contribution in [0.2, 0.25) is 10.0 Å². The van der Waals surface area contributed by atoms with Crippen molar-refractivity contribution < 1.29 is 17.7 Å². The second-order valence-electron chi connectivity index (χ2n) is 6.26. The molecule has 11 heteroatoms. The Balaban J connectivity index is 1.90. The second-order valence-corrected chi connectivity index (χ2v) is 9.85. The minimum Gasteiger partial charge on any atom is -0.336 e. The van der Waals surface area contributed by atoms with Crippen molar-refractivity contribution in [2.75, 3.05) is 15.8 Å². The zero-order valence-electron chi connectivity index (χ0n) is 15.2. The third-order valence-corrected chi connectivity index (χ3v) is 7.56. The number of carbonyl (C=O) groups excluding carboxylic acids is 1. The number of halogens is 2. The standard InChI is InChI=1S/C17H17Cl2N3O4S2/c1-8-6-9(2)14(11(18)7-8)20-16(23)15-12(4-5-27-15)28(24,25)22-17-13(19)10(3)21-26-17/h6-7,22H,4-5H2,1-3H3,(H,20,23). The molecule has 1 amide bonds. The number of hydrogen-bond donors (Lipinski definition) is 2. The van der Waals surface area contributed by atoms with Crippen molar-refractivity contribution in [3.63, 3.8) is 0 Å². The van der Waals surface area contributed by atoms with Crippen LogP contribution in [0.5, 0.6) is 0 Å². The van der Waals surface area contributed by atoms with Crippen LogP contribution in [0.25, 0.3) is 0 Å². The number of thioether (sulfide) groups is 1. The average molecular weight is 462 g/mol. The maximum absolute atomic E-state index is 12.8. The molecule has 0 spiro atoms. The predicted molar refractivity (Wildman–Crippen MR) is 112 cm³/mol. The summed E-state index contributed by atoms with van der Waals surface area (Å²) in [5, 5.41) is 6.80. The van der Waals surface area contributed by atoms with Crippen LogP contribution in [0.3, 0.4) is 0 Å². The largest absolute Gasteiger partial charge is 0.336 e. The lowest BCUT2D eigenvalue weighted by atomic mass is 10.1. The lowest BCUT2D eigenvalue weighted by Gasteiger charge is -2.13. The van der Waals surface area contributed by atoms with E-state index < -0.39 is 15.9 Å². The first-order chi connectivity index (χ1) is 13.1. The number of amides is 1. The Morgan fingerprint density at radius 3 is 2.57 bits per heavy atom. The highest BCUT2D eigenvalue weighted by Gasteiger charge is 2.32. The van der Waals surface area contributed by atoms with Gasteiger partial charge in [-0.2, -0.15) is 0 Å². The molecular formula is C17H17Cl2N3O4S2. The summed E-state index contributed by atoms with van der Waals surface area (Å²) < 4.78 is 32.7. The highest BCUT2D eigenvalue weighted by molar-refractivity contribution is 8.06. The summed E-state index contributed by atoms with van der Waals surface area (Å²) in [6, 6.07) is 3.61. The number of allylic oxidation sites excluding steroid dienone is 1. The molecule has 1 aliphatic heterocycles. The third kappa shape index (κ3) is 4.17. The molecule has 28 heavy (non-hydrogen) atoms. The van der Waals surface area contributed by atoms with E-state index in [1.54, 1.807) is 13.0 Å². The van der Waals surface area contributed by atoms with Crippen LogP contribution in [0, 0.1) is 20.8 Å². The minimum absolute atomic E-state index is 0.0268. The monoisotopic (exact) mass is 461 g/mol. The Bertz CT molecular complexity index is 1070. The van der Waals surface area contributed by atoms with Crippen molar-refractivity contribution in [1.82, 2.24) is 5.16 Å². The van der Waals surface area contributed by atoms with Crippen LogP contribution in [0.4, 0.5) is 11.6 Å². The van der Waals surface area contributed by atoms with Gasteiger partial charge in [-0.15, -0.1) is 11.8 Å². The molecule has 1 aromatic carbocycles. The number of nitrogens with zero attached hydrogens (tertiary/aromatic N) is 1. The summed E-state index contributed by atoms with van der Waals surface area (Å²) in [5.41, 5.74) is 2.56. The summed E-state index contributed by atoms with van der Waals surface area (Å²) in [6.45, 7) is 5.30. The highest BCUT2D eigenvalue weighted by atomic mass is 35.5. The maximum atomic E-state index is 12.8. The van der Waals surface area contributed by atoms with E-state index in [0.717, 1.165) is 11.1 Å². The minimum atomic E-state index is -4.04. The number of nitrogens with one attached hydrogen (secondary N) is 2. The van der Waals surface area contributed by atoms with Gasteiger partial charge in [-0.1, -0.05) is 34.4 Å². The van der Waals surface area contributed by atoms with Crippen LogP contribution < -0.4 is 10.0 Å². The zero-order valence-corrected chi connectivity index (χ0v) is 18.4. The van der Waals surface area contributed by atoms with Gasteiger partial charge in [0.2, 0.25) is 0 Å². The predicted octanol–water partition coefficient (Wildman–Crippen LogP) is 4.64. The van der Waals surface area contributed by atoms with E-state index in [9.17, 15) is 13.2 Å². The van der Waals surface area contributed by atoms with E-state index in [2.05, 4.69) is 15.2 Å². The summed E-state index contributed by atoms with van der Waals surface area (Å²) in [7, 11) is -4.04. The first-order valence-electron chi connectivity index (χ1n) is 8.19. The van der Waals surface area contributed by atoms with E-state index in [-0.39, 0.29) is 27.1 Å². The van der Waals surface area contributed by atoms with Gasteiger partial charge in [-0.25, -0.2) is 13.1 Å². The smallest absolute Gasteiger partial charge is 0.263 e. The van der Waals surface area contributed by atoms with Crippen molar-refractivity contribution in [3.8, 4) is 0 Å². The molecule has 2 N–H and O–H groups in total. The number of sulfonamides is 1. The average Bonchev–Trinajstić information content (AvgIpc) is 3.21. The number of rotatable bonds is 5. The molecular weight excluding hydrogens is 445 g/mol. The van der Waals surface area contributed by atoms with Crippen LogP contribution >= 0.6 is 35.0 Å². The van der Waals surface area contributed by atoms with Gasteiger partial charge >= 0.3 is 0 Å². The van der Waals surface area contributed by atoms with Crippen molar-refractivity contribution in [1.29, 1.82) is 0 Å². The number of carbonyl (C=O) groups is 1. The molecule has 0 fully saturated rings. The molecule has 1 aliphatic rings. The molecule has 150 valence electrons. The van der Waals surface area contributed by atoms with Gasteiger partial charge in [-0.05, 0) is 44.4 Å². The fraction of sp³-hybridized carbons (Fsp3) is 0.294. The van der Waals surface area contributed by atoms with Gasteiger partial charge in [-0.3, -0.25) is 4.79 Å². The molecule has 0 radical (unpaired) electrons. The SMILES string of the molecule is Cc1cc(C)c(NC(=O)C2=C(S(=O)(=O)Nc3onc(C)c3Cl)CCS2)c(Cl)c1. The van der Waals surface area contributed by atoms with Crippen LogP contribution in [-0.2, 0) is 14.8 Å². The zero-order chi connectivity index (χ0) is 20.6. The lowest BCUT2D eigenvalue weighted by molar-refractivity contribution is -0.112. The lowest BCUT2D eigenvalue weighted by Crippen LogP contribution is -2.20. The van der Waals surface area contributed by atoms with Crippen molar-refractivity contribution in [2.24, 2.45) is 0 Å². The number of aryl methyl sites for hydroxylation is 3. The number of hydrogen-bond acceptors (Lipinski definition) is 6. The van der Waals surface area contributed by atoms with Crippen molar-refractivity contribution in [3.05, 3.63) is 48.8 Å². The topological polar surface area (TPSA) is 101 Å². The molecule has 7 nitrogen and oxygen atoms in total. The van der Waals surface area contributed by atoms with E-state index in [1.807, 2.05) is 19.9 Å². The number of aromatic nitrogens is 1. The van der Waals surface area contributed by atoms with Crippen molar-refractivity contribution in [2.45, 2.75) is 27.2 Å². The number of anilines is 2. The fourth-order valence-corrected chi connectivity index (χ4v) is 6.08. The Morgan fingerprint density at radius 1 is 1.25 bits per heavy atom. The van der Waals surface area contributed by atoms with Gasteiger partial charge in [0.1, 0.15) is 10.7 Å². The summed E-state index contributed by atoms with van der Waals surface area (Å²) in [5.74, 6) is -0.250. The molecule has 2 heterocycles. The first-order valence-corrected chi connectivity index (χ1v) is 11.4. The van der Waals surface area contributed by atoms with Gasteiger partial charge in [0.15, 0.2) is 0 Å². The quantitative estimate of drug-likeness (QED) is 0.672. The van der Waals surface area contributed by atoms with E-state index in [4.69, 9.17) is 27.7 Å². The Hall–Kier alpha value is -1.68. The maximum Gasteiger partial charge on any atom is 0.263 e. The molecule has 0 saturated carbocycles. The molecule has 0 bridgehead atoms. The Kier molecular flexibility index (Phi) is 6.00. The van der Waals surface area contributed by atoms with Gasteiger partial charge in [0.25, 0.3) is 21.8 Å². The second kappa shape index (κ2) is 7.98. The highest BCUT2D eigenvalue weighted by Crippen LogP contribution is 2.38. The molecule has 0 aliphatic carbocycles. The van der Waals surface area contributed by atoms with Crippen LogP contribution in [0.1, 0.15) is 23.2 Å². The Labute approximate surface area is 176 Å². The van der Waals surface area contributed by atoms with E-state index >= 15 is 0 Å². The molecule has 1 aromatic heterocycles. The van der Waals surface area contributed by atoms with E-state index in [1.165, 1.54) is 11.8 Å². The molecule has 3 rings (SSSR count). The van der Waals surface area contributed by atoms with Gasteiger partial charge < -0.3 is 9.84 Å². The summed E-state index contributed by atoms with van der Waals surface area (Å²) >= 11 is 13.4. The van der Waals surface area contributed by atoms with Crippen LogP contribution in [0.15, 0.2) is 26.5 Å². The molecule has 2 aromatic rings. The third-order valence-electron chi connectivity index (χ3n) is 4.05. The Morgan fingerprint density at radius 2 is 1.96 bits per heavy atom. The fourth-order valence-electron chi connectivity index (χ4n) is 2.74. The summed E-state index contributed by atoms with van der Waals surface area (Å²) in [4.78, 5) is 12.9. The van der Waals surface area contributed by atoms with Gasteiger partial charge in [0.05, 0.1) is 20.5 Å². The number of benzene rings is 1.